The first-order valence-electron chi connectivity index (χ1n) is 6.06. The number of carboxylic acids is 1. The maximum Gasteiger partial charge on any atom is 0.352 e. The number of aromatic carboxylic acids is 1. The molecule has 1 N–H and O–H groups in total. The molecule has 0 bridgehead atoms. The summed E-state index contributed by atoms with van der Waals surface area (Å²) in [6.07, 6.45) is 0. The SMILES string of the molecule is COCc1cc(C(=O)c2ccccc2)n(C)c1C(=O)O. The van der Waals surface area contributed by atoms with Crippen LogP contribution >= 0.6 is 0 Å². The molecule has 0 atom stereocenters. The molecule has 1 aromatic carbocycles. The van der Waals surface area contributed by atoms with Crippen molar-refractivity contribution in [1.29, 1.82) is 0 Å². The van der Waals surface area contributed by atoms with Crippen LogP contribution in [0.4, 0.5) is 0 Å². The van der Waals surface area contributed by atoms with Crippen molar-refractivity contribution in [2.45, 2.75) is 6.61 Å². The summed E-state index contributed by atoms with van der Waals surface area (Å²) in [6.45, 7) is 0.150. The van der Waals surface area contributed by atoms with Crippen molar-refractivity contribution in [3.63, 3.8) is 0 Å². The van der Waals surface area contributed by atoms with Gasteiger partial charge in [0.15, 0.2) is 0 Å². The van der Waals surface area contributed by atoms with E-state index in [0.717, 1.165) is 0 Å². The Balaban J connectivity index is 2.50. The van der Waals surface area contributed by atoms with Gasteiger partial charge in [0, 0.05) is 25.3 Å². The summed E-state index contributed by atoms with van der Waals surface area (Å²) in [6, 6.07) is 10.3. The topological polar surface area (TPSA) is 68.5 Å². The van der Waals surface area contributed by atoms with Gasteiger partial charge in [0.1, 0.15) is 5.69 Å². The third-order valence-corrected chi connectivity index (χ3v) is 3.08. The highest BCUT2D eigenvalue weighted by molar-refractivity contribution is 6.09. The van der Waals surface area contributed by atoms with Gasteiger partial charge in [0.2, 0.25) is 5.78 Å². The Morgan fingerprint density at radius 3 is 2.45 bits per heavy atom. The fraction of sp³-hybridized carbons (Fsp3) is 0.200. The van der Waals surface area contributed by atoms with Crippen LogP contribution in [0.2, 0.25) is 0 Å². The molecule has 0 spiro atoms. The highest BCUT2D eigenvalue weighted by Gasteiger charge is 2.22. The molecule has 0 saturated carbocycles. The molecule has 0 saturated heterocycles. The number of methoxy groups -OCH3 is 1. The Morgan fingerprint density at radius 2 is 1.90 bits per heavy atom. The van der Waals surface area contributed by atoms with E-state index in [2.05, 4.69) is 0 Å². The predicted octanol–water partition coefficient (Wildman–Crippen LogP) is 2.10. The second-order valence-corrected chi connectivity index (χ2v) is 4.40. The standard InChI is InChI=1S/C15H15NO4/c1-16-12(14(17)10-6-4-3-5-7-10)8-11(9-20-2)13(16)15(18)19/h3-8H,9H2,1-2H3,(H,18,19). The van der Waals surface area contributed by atoms with Crippen molar-refractivity contribution in [2.24, 2.45) is 7.05 Å². The van der Waals surface area contributed by atoms with Crippen molar-refractivity contribution >= 4 is 11.8 Å². The number of ketones is 1. The Morgan fingerprint density at radius 1 is 1.25 bits per heavy atom. The number of nitrogens with zero attached hydrogens (tertiary/aromatic N) is 1. The molecule has 5 nitrogen and oxygen atoms in total. The Labute approximate surface area is 116 Å². The zero-order valence-corrected chi connectivity index (χ0v) is 11.3. The van der Waals surface area contributed by atoms with Crippen LogP contribution in [-0.4, -0.2) is 28.5 Å². The number of rotatable bonds is 5. The fourth-order valence-electron chi connectivity index (χ4n) is 2.17. The molecule has 5 heteroatoms. The molecule has 20 heavy (non-hydrogen) atoms. The molecule has 0 amide bonds. The number of aromatic nitrogens is 1. The summed E-state index contributed by atoms with van der Waals surface area (Å²) < 4.78 is 6.38. The first-order chi connectivity index (χ1) is 9.56. The summed E-state index contributed by atoms with van der Waals surface area (Å²) >= 11 is 0. The monoisotopic (exact) mass is 273 g/mol. The normalized spacial score (nSPS) is 10.5. The number of hydrogen-bond acceptors (Lipinski definition) is 3. The zero-order chi connectivity index (χ0) is 14.7. The molecule has 2 aromatic rings. The third kappa shape index (κ3) is 2.48. The minimum absolute atomic E-state index is 0.0751. The van der Waals surface area contributed by atoms with Gasteiger partial charge in [-0.3, -0.25) is 4.79 Å². The maximum atomic E-state index is 12.4. The van der Waals surface area contributed by atoms with Crippen molar-refractivity contribution in [1.82, 2.24) is 4.57 Å². The zero-order valence-electron chi connectivity index (χ0n) is 11.3. The molecule has 0 aliphatic rings. The van der Waals surface area contributed by atoms with Gasteiger partial charge >= 0.3 is 5.97 Å². The van der Waals surface area contributed by atoms with Crippen molar-refractivity contribution in [3.8, 4) is 0 Å². The van der Waals surface area contributed by atoms with Crippen molar-refractivity contribution in [3.05, 3.63) is 58.9 Å². The molecular weight excluding hydrogens is 258 g/mol. The summed E-state index contributed by atoms with van der Waals surface area (Å²) in [4.78, 5) is 23.7. The summed E-state index contributed by atoms with van der Waals surface area (Å²) in [5, 5.41) is 9.25. The van der Waals surface area contributed by atoms with Gasteiger partial charge in [-0.15, -0.1) is 0 Å². The number of ether oxygens (including phenoxy) is 1. The van der Waals surface area contributed by atoms with E-state index in [0.29, 0.717) is 16.8 Å². The molecule has 0 aliphatic carbocycles. The summed E-state index contributed by atoms with van der Waals surface area (Å²) in [7, 11) is 3.05. The number of carbonyl (C=O) groups excluding carboxylic acids is 1. The lowest BCUT2D eigenvalue weighted by Gasteiger charge is -2.05. The lowest BCUT2D eigenvalue weighted by molar-refractivity contribution is 0.0681. The van der Waals surface area contributed by atoms with Crippen LogP contribution < -0.4 is 0 Å². The average Bonchev–Trinajstić information content (AvgIpc) is 2.76. The molecule has 1 heterocycles. The quantitative estimate of drug-likeness (QED) is 0.847. The molecule has 1 aromatic heterocycles. The van der Waals surface area contributed by atoms with Crippen LogP contribution in [-0.2, 0) is 18.4 Å². The van der Waals surface area contributed by atoms with Gasteiger partial charge in [0.05, 0.1) is 12.3 Å². The number of benzene rings is 1. The van der Waals surface area contributed by atoms with E-state index in [4.69, 9.17) is 4.74 Å². The van der Waals surface area contributed by atoms with Gasteiger partial charge in [-0.05, 0) is 6.07 Å². The minimum Gasteiger partial charge on any atom is -0.477 e. The van der Waals surface area contributed by atoms with Gasteiger partial charge in [0.25, 0.3) is 0 Å². The second-order valence-electron chi connectivity index (χ2n) is 4.40. The fourth-order valence-corrected chi connectivity index (χ4v) is 2.17. The van der Waals surface area contributed by atoms with Crippen LogP contribution in [0.1, 0.15) is 32.1 Å². The number of carbonyl (C=O) groups is 2. The number of hydrogen-bond donors (Lipinski definition) is 1. The molecule has 0 fully saturated rings. The minimum atomic E-state index is -1.08. The van der Waals surface area contributed by atoms with E-state index in [1.165, 1.54) is 11.7 Å². The van der Waals surface area contributed by atoms with Gasteiger partial charge in [-0.1, -0.05) is 30.3 Å². The Hall–Kier alpha value is -2.40. The lowest BCUT2D eigenvalue weighted by atomic mass is 10.1. The summed E-state index contributed by atoms with van der Waals surface area (Å²) in [5.74, 6) is -1.29. The van der Waals surface area contributed by atoms with Gasteiger partial charge in [-0.2, -0.15) is 0 Å². The van der Waals surface area contributed by atoms with Crippen molar-refractivity contribution in [2.75, 3.05) is 7.11 Å². The Bertz CT molecular complexity index is 643. The maximum absolute atomic E-state index is 12.4. The second kappa shape index (κ2) is 5.71. The summed E-state index contributed by atoms with van der Waals surface area (Å²) in [5.41, 5.74) is 1.42. The van der Waals surface area contributed by atoms with E-state index in [-0.39, 0.29) is 18.1 Å². The Kier molecular flexibility index (Phi) is 4.00. The highest BCUT2D eigenvalue weighted by Crippen LogP contribution is 2.19. The van der Waals surface area contributed by atoms with Crippen LogP contribution in [0.25, 0.3) is 0 Å². The molecule has 104 valence electrons. The largest absolute Gasteiger partial charge is 0.477 e. The van der Waals surface area contributed by atoms with Gasteiger partial charge < -0.3 is 14.4 Å². The first kappa shape index (κ1) is 14.0. The van der Waals surface area contributed by atoms with Crippen LogP contribution in [0.5, 0.6) is 0 Å². The van der Waals surface area contributed by atoms with E-state index in [1.54, 1.807) is 37.4 Å². The molecule has 0 aliphatic heterocycles. The predicted molar refractivity (Wildman–Crippen MR) is 73.0 cm³/mol. The molecule has 0 unspecified atom stereocenters. The van der Waals surface area contributed by atoms with Crippen LogP contribution in [0.15, 0.2) is 36.4 Å². The van der Waals surface area contributed by atoms with Crippen molar-refractivity contribution < 1.29 is 19.4 Å². The molecule has 2 rings (SSSR count). The van der Waals surface area contributed by atoms with E-state index >= 15 is 0 Å². The molecular formula is C15H15NO4. The highest BCUT2D eigenvalue weighted by atomic mass is 16.5. The van der Waals surface area contributed by atoms with Gasteiger partial charge in [-0.25, -0.2) is 4.79 Å². The smallest absolute Gasteiger partial charge is 0.352 e. The van der Waals surface area contributed by atoms with E-state index in [9.17, 15) is 14.7 Å². The third-order valence-electron chi connectivity index (χ3n) is 3.08. The molecule has 0 radical (unpaired) electrons. The lowest BCUT2D eigenvalue weighted by Crippen LogP contribution is -2.12. The van der Waals surface area contributed by atoms with E-state index < -0.39 is 5.97 Å². The average molecular weight is 273 g/mol. The van der Waals surface area contributed by atoms with Crippen LogP contribution in [0, 0.1) is 0 Å². The number of carboxylic acid groups (broad SMARTS) is 1. The van der Waals surface area contributed by atoms with E-state index in [1.807, 2.05) is 6.07 Å². The first-order valence-corrected chi connectivity index (χ1v) is 6.06. The van der Waals surface area contributed by atoms with Crippen LogP contribution in [0.3, 0.4) is 0 Å².